The van der Waals surface area contributed by atoms with Crippen LogP contribution in [0.25, 0.3) is 0 Å². The first-order chi connectivity index (χ1) is 8.50. The predicted octanol–water partition coefficient (Wildman–Crippen LogP) is 1.97. The molecular formula is C14H20N2O2. The number of hydroxylamine groups is 3. The van der Waals surface area contributed by atoms with Crippen LogP contribution in [0.3, 0.4) is 0 Å². The van der Waals surface area contributed by atoms with Gasteiger partial charge in [-0.3, -0.25) is 4.79 Å². The van der Waals surface area contributed by atoms with Gasteiger partial charge in [-0.05, 0) is 12.5 Å². The van der Waals surface area contributed by atoms with E-state index in [1.54, 1.807) is 7.05 Å². The third-order valence-electron chi connectivity index (χ3n) is 3.70. The summed E-state index contributed by atoms with van der Waals surface area (Å²) >= 11 is 0. The highest BCUT2D eigenvalue weighted by Crippen LogP contribution is 2.24. The molecule has 0 spiro atoms. The van der Waals surface area contributed by atoms with Crippen LogP contribution in [0.4, 0.5) is 0 Å². The summed E-state index contributed by atoms with van der Waals surface area (Å²) < 4.78 is -0.437. The van der Waals surface area contributed by atoms with E-state index >= 15 is 0 Å². The van der Waals surface area contributed by atoms with Gasteiger partial charge in [0.1, 0.15) is 0 Å². The fraction of sp³-hybridized carbons (Fsp3) is 0.500. The Morgan fingerprint density at radius 1 is 1.44 bits per heavy atom. The number of likely N-dealkylation sites (N-methyl/N-ethyl adjacent to an activating group) is 1. The fourth-order valence-electron chi connectivity index (χ4n) is 2.54. The van der Waals surface area contributed by atoms with E-state index in [1.807, 2.05) is 37.3 Å². The van der Waals surface area contributed by atoms with Crippen molar-refractivity contribution in [3.63, 3.8) is 0 Å². The Balaban J connectivity index is 2.00. The molecule has 1 heterocycles. The lowest BCUT2D eigenvalue weighted by Gasteiger charge is -2.39. The molecule has 1 saturated heterocycles. The maximum absolute atomic E-state index is 12.1. The lowest BCUT2D eigenvalue weighted by atomic mass is 10.1. The van der Waals surface area contributed by atoms with Gasteiger partial charge in [0.2, 0.25) is 0 Å². The second-order valence-electron chi connectivity index (χ2n) is 5.20. The van der Waals surface area contributed by atoms with Crippen LogP contribution in [0.5, 0.6) is 0 Å². The SMILES string of the molecule is C[C@@H](NC(=O)[C@@H]1CCC[N@+]1(C)[O-])c1ccccc1. The highest BCUT2D eigenvalue weighted by Gasteiger charge is 2.37. The van der Waals surface area contributed by atoms with Gasteiger partial charge in [0.05, 0.1) is 19.6 Å². The smallest absolute Gasteiger partial charge is 0.279 e. The monoisotopic (exact) mass is 248 g/mol. The minimum absolute atomic E-state index is 0.0562. The minimum Gasteiger partial charge on any atom is -0.632 e. The summed E-state index contributed by atoms with van der Waals surface area (Å²) in [6, 6.07) is 9.29. The number of hydrogen-bond donors (Lipinski definition) is 1. The van der Waals surface area contributed by atoms with Gasteiger partial charge in [0.15, 0.2) is 6.04 Å². The molecule has 1 N–H and O–H groups in total. The van der Waals surface area contributed by atoms with Crippen LogP contribution in [0.2, 0.25) is 0 Å². The summed E-state index contributed by atoms with van der Waals surface area (Å²) in [5, 5.41) is 15.0. The van der Waals surface area contributed by atoms with Gasteiger partial charge in [-0.15, -0.1) is 0 Å². The molecule has 0 bridgehead atoms. The van der Waals surface area contributed by atoms with Crippen molar-refractivity contribution < 1.29 is 9.44 Å². The lowest BCUT2D eigenvalue weighted by molar-refractivity contribution is -0.863. The first-order valence-electron chi connectivity index (χ1n) is 6.42. The van der Waals surface area contributed by atoms with Crippen LogP contribution >= 0.6 is 0 Å². The predicted molar refractivity (Wildman–Crippen MR) is 70.4 cm³/mol. The van der Waals surface area contributed by atoms with E-state index in [-0.39, 0.29) is 11.9 Å². The number of likely N-dealkylation sites (tertiary alicyclic amines) is 1. The summed E-state index contributed by atoms with van der Waals surface area (Å²) in [6.45, 7) is 2.48. The van der Waals surface area contributed by atoms with Crippen LogP contribution in [0, 0.1) is 5.21 Å². The Kier molecular flexibility index (Phi) is 3.68. The Bertz CT molecular complexity index is 417. The Labute approximate surface area is 108 Å². The molecule has 1 aromatic rings. The molecule has 0 radical (unpaired) electrons. The maximum Gasteiger partial charge on any atom is 0.279 e. The van der Waals surface area contributed by atoms with Gasteiger partial charge in [0, 0.05) is 12.8 Å². The Morgan fingerprint density at radius 2 is 2.11 bits per heavy atom. The lowest BCUT2D eigenvalue weighted by Crippen LogP contribution is -2.51. The minimum atomic E-state index is -0.448. The van der Waals surface area contributed by atoms with Crippen molar-refractivity contribution >= 4 is 5.91 Å². The molecule has 3 atom stereocenters. The quantitative estimate of drug-likeness (QED) is 0.657. The zero-order chi connectivity index (χ0) is 13.2. The average Bonchev–Trinajstić information content (AvgIpc) is 2.70. The van der Waals surface area contributed by atoms with Gasteiger partial charge in [0.25, 0.3) is 5.91 Å². The van der Waals surface area contributed by atoms with Crippen molar-refractivity contribution in [2.45, 2.75) is 31.8 Å². The largest absolute Gasteiger partial charge is 0.632 e. The summed E-state index contributed by atoms with van der Waals surface area (Å²) in [5.74, 6) is -0.124. The third kappa shape index (κ3) is 2.71. The highest BCUT2D eigenvalue weighted by molar-refractivity contribution is 5.81. The fourth-order valence-corrected chi connectivity index (χ4v) is 2.54. The summed E-state index contributed by atoms with van der Waals surface area (Å²) in [6.07, 6.45) is 1.52. The van der Waals surface area contributed by atoms with E-state index in [2.05, 4.69) is 5.32 Å². The molecule has 1 aliphatic rings. The molecule has 98 valence electrons. The molecule has 0 unspecified atom stereocenters. The zero-order valence-corrected chi connectivity index (χ0v) is 10.9. The van der Waals surface area contributed by atoms with Crippen LogP contribution in [-0.4, -0.2) is 30.2 Å². The highest BCUT2D eigenvalue weighted by atomic mass is 16.5. The first-order valence-corrected chi connectivity index (χ1v) is 6.42. The van der Waals surface area contributed by atoms with Crippen LogP contribution in [0.15, 0.2) is 30.3 Å². The van der Waals surface area contributed by atoms with Crippen molar-refractivity contribution in [1.82, 2.24) is 5.32 Å². The summed E-state index contributed by atoms with van der Waals surface area (Å²) in [4.78, 5) is 12.1. The van der Waals surface area contributed by atoms with Crippen LogP contribution in [-0.2, 0) is 4.79 Å². The topological polar surface area (TPSA) is 52.2 Å². The Morgan fingerprint density at radius 3 is 2.67 bits per heavy atom. The van der Waals surface area contributed by atoms with Gasteiger partial charge >= 0.3 is 0 Å². The van der Waals surface area contributed by atoms with E-state index in [0.29, 0.717) is 13.0 Å². The number of nitrogens with zero attached hydrogens (tertiary/aromatic N) is 1. The molecule has 18 heavy (non-hydrogen) atoms. The molecule has 0 aliphatic carbocycles. The van der Waals surface area contributed by atoms with E-state index < -0.39 is 10.7 Å². The number of rotatable bonds is 3. The number of hydrogen-bond acceptors (Lipinski definition) is 2. The molecule has 4 heteroatoms. The number of amides is 1. The molecule has 1 aromatic carbocycles. The van der Waals surface area contributed by atoms with E-state index in [9.17, 15) is 10.0 Å². The third-order valence-corrected chi connectivity index (χ3v) is 3.70. The summed E-state index contributed by atoms with van der Waals surface area (Å²) in [5.41, 5.74) is 1.06. The molecule has 4 nitrogen and oxygen atoms in total. The van der Waals surface area contributed by atoms with Gasteiger partial charge in [-0.1, -0.05) is 30.3 Å². The van der Waals surface area contributed by atoms with Gasteiger partial charge < -0.3 is 15.2 Å². The first kappa shape index (κ1) is 13.1. The van der Waals surface area contributed by atoms with E-state index in [1.165, 1.54) is 0 Å². The maximum atomic E-state index is 12.1. The second kappa shape index (κ2) is 5.08. The van der Waals surface area contributed by atoms with Crippen LogP contribution < -0.4 is 5.32 Å². The number of carbonyl (C=O) groups is 1. The molecule has 1 amide bonds. The van der Waals surface area contributed by atoms with Crippen molar-refractivity contribution in [3.8, 4) is 0 Å². The normalized spacial score (nSPS) is 28.9. The Hall–Kier alpha value is -1.39. The van der Waals surface area contributed by atoms with Gasteiger partial charge in [-0.2, -0.15) is 0 Å². The molecule has 2 rings (SSSR count). The molecule has 1 fully saturated rings. The van der Waals surface area contributed by atoms with Crippen LogP contribution in [0.1, 0.15) is 31.4 Å². The van der Waals surface area contributed by atoms with Crippen molar-refractivity contribution in [2.24, 2.45) is 0 Å². The molecular weight excluding hydrogens is 228 g/mol. The molecule has 1 aliphatic heterocycles. The molecule has 0 saturated carbocycles. The number of carbonyl (C=O) groups excluding carboxylic acids is 1. The molecule has 0 aromatic heterocycles. The van der Waals surface area contributed by atoms with E-state index in [4.69, 9.17) is 0 Å². The van der Waals surface area contributed by atoms with Crippen molar-refractivity contribution in [1.29, 1.82) is 0 Å². The average molecular weight is 248 g/mol. The zero-order valence-electron chi connectivity index (χ0n) is 10.9. The van der Waals surface area contributed by atoms with Crippen molar-refractivity contribution in [2.75, 3.05) is 13.6 Å². The second-order valence-corrected chi connectivity index (χ2v) is 5.20. The number of quaternary nitrogens is 1. The van der Waals surface area contributed by atoms with Gasteiger partial charge in [-0.25, -0.2) is 0 Å². The number of benzene rings is 1. The number of nitrogens with one attached hydrogen (secondary N) is 1. The van der Waals surface area contributed by atoms with Crippen molar-refractivity contribution in [3.05, 3.63) is 41.1 Å². The van der Waals surface area contributed by atoms with E-state index in [0.717, 1.165) is 12.0 Å². The summed E-state index contributed by atoms with van der Waals surface area (Å²) in [7, 11) is 1.59. The standard InChI is InChI=1S/C14H20N2O2/c1-11(12-7-4-3-5-8-12)15-14(17)13-9-6-10-16(13,2)18/h3-5,7-8,11,13H,6,9-10H2,1-2H3,(H,15,17)/t11-,13+,16+/m1/s1.